The second-order valence-corrected chi connectivity index (χ2v) is 6.40. The van der Waals surface area contributed by atoms with Gasteiger partial charge in [0.15, 0.2) is 5.82 Å². The molecule has 2 aromatic rings. The zero-order valence-electron chi connectivity index (χ0n) is 11.0. The maximum Gasteiger partial charge on any atom is 0.161 e. The molecule has 0 amide bonds. The third-order valence-corrected chi connectivity index (χ3v) is 4.57. The molecule has 0 aliphatic heterocycles. The first-order valence-electron chi connectivity index (χ1n) is 5.99. The quantitative estimate of drug-likeness (QED) is 0.817. The summed E-state index contributed by atoms with van der Waals surface area (Å²) in [6.07, 6.45) is 0. The van der Waals surface area contributed by atoms with Crippen molar-refractivity contribution in [3.63, 3.8) is 0 Å². The smallest absolute Gasteiger partial charge is 0.161 e. The van der Waals surface area contributed by atoms with Gasteiger partial charge in [-0.2, -0.15) is 0 Å². The van der Waals surface area contributed by atoms with Crippen molar-refractivity contribution in [1.82, 2.24) is 9.97 Å². The van der Waals surface area contributed by atoms with Crippen LogP contribution in [0.1, 0.15) is 31.0 Å². The summed E-state index contributed by atoms with van der Waals surface area (Å²) in [6.45, 7) is 6.21. The molecule has 0 aliphatic rings. The molecule has 0 saturated carbocycles. The predicted molar refractivity (Wildman–Crippen MR) is 86.1 cm³/mol. The van der Waals surface area contributed by atoms with Gasteiger partial charge < -0.3 is 5.73 Å². The molecular formula is C14H15Br2N3. The Hall–Kier alpha value is -0.940. The molecule has 2 N–H and O–H groups in total. The van der Waals surface area contributed by atoms with Crippen molar-refractivity contribution in [2.75, 3.05) is 5.73 Å². The van der Waals surface area contributed by atoms with Crippen LogP contribution in [0.3, 0.4) is 0 Å². The lowest BCUT2D eigenvalue weighted by Crippen LogP contribution is -2.04. The molecule has 5 heteroatoms. The Bertz CT molecular complexity index is 624. The standard InChI is InChI=1S/C14H15Br2N3/c1-7(2)12-11(16)13(17)19-14(18-12)9-4-5-10(15)8(3)6-9/h4-7H,1-3H3,(H2,17,18,19). The predicted octanol–water partition coefficient (Wildman–Crippen LogP) is 4.68. The molecule has 1 heterocycles. The molecule has 2 rings (SSSR count). The Morgan fingerprint density at radius 3 is 2.42 bits per heavy atom. The van der Waals surface area contributed by atoms with E-state index in [4.69, 9.17) is 5.73 Å². The molecule has 0 saturated heterocycles. The molecule has 19 heavy (non-hydrogen) atoms. The van der Waals surface area contributed by atoms with Crippen LogP contribution < -0.4 is 5.73 Å². The summed E-state index contributed by atoms with van der Waals surface area (Å²) in [7, 11) is 0. The summed E-state index contributed by atoms with van der Waals surface area (Å²) >= 11 is 6.95. The van der Waals surface area contributed by atoms with Crippen LogP contribution >= 0.6 is 31.9 Å². The van der Waals surface area contributed by atoms with Gasteiger partial charge in [-0.15, -0.1) is 0 Å². The van der Waals surface area contributed by atoms with Crippen molar-refractivity contribution in [2.24, 2.45) is 0 Å². The third-order valence-electron chi connectivity index (χ3n) is 2.87. The Kier molecular flexibility index (Phi) is 4.26. The average molecular weight is 385 g/mol. The van der Waals surface area contributed by atoms with Gasteiger partial charge in [-0.3, -0.25) is 0 Å². The minimum Gasteiger partial charge on any atom is -0.383 e. The highest BCUT2D eigenvalue weighted by Crippen LogP contribution is 2.30. The van der Waals surface area contributed by atoms with E-state index >= 15 is 0 Å². The minimum atomic E-state index is 0.287. The summed E-state index contributed by atoms with van der Waals surface area (Å²) in [6, 6.07) is 6.04. The number of nitrogens with two attached hydrogens (primary N) is 1. The lowest BCUT2D eigenvalue weighted by molar-refractivity contribution is 0.811. The first-order valence-corrected chi connectivity index (χ1v) is 7.58. The fourth-order valence-electron chi connectivity index (χ4n) is 1.78. The summed E-state index contributed by atoms with van der Waals surface area (Å²) in [5.74, 6) is 1.43. The van der Waals surface area contributed by atoms with Crippen LogP contribution in [0.2, 0.25) is 0 Å². The number of hydrogen-bond donors (Lipinski definition) is 1. The van der Waals surface area contributed by atoms with Crippen molar-refractivity contribution in [1.29, 1.82) is 0 Å². The van der Waals surface area contributed by atoms with Gasteiger partial charge in [0.2, 0.25) is 0 Å². The van der Waals surface area contributed by atoms with Crippen molar-refractivity contribution >= 4 is 37.7 Å². The van der Waals surface area contributed by atoms with Gasteiger partial charge in [0, 0.05) is 10.0 Å². The van der Waals surface area contributed by atoms with E-state index in [1.165, 1.54) is 0 Å². The SMILES string of the molecule is Cc1cc(-c2nc(N)c(Br)c(C(C)C)n2)ccc1Br. The number of hydrogen-bond acceptors (Lipinski definition) is 3. The molecular weight excluding hydrogens is 370 g/mol. The van der Waals surface area contributed by atoms with Crippen LogP contribution in [0, 0.1) is 6.92 Å². The number of halogens is 2. The van der Waals surface area contributed by atoms with Crippen LogP contribution in [0.4, 0.5) is 5.82 Å². The number of nitrogens with zero attached hydrogens (tertiary/aromatic N) is 2. The van der Waals surface area contributed by atoms with Gasteiger partial charge in [-0.25, -0.2) is 9.97 Å². The molecule has 0 unspecified atom stereocenters. The highest BCUT2D eigenvalue weighted by Gasteiger charge is 2.14. The largest absolute Gasteiger partial charge is 0.383 e. The Morgan fingerprint density at radius 1 is 1.16 bits per heavy atom. The van der Waals surface area contributed by atoms with Crippen molar-refractivity contribution < 1.29 is 0 Å². The van der Waals surface area contributed by atoms with E-state index in [-0.39, 0.29) is 5.92 Å². The van der Waals surface area contributed by atoms with Gasteiger partial charge in [-0.1, -0.05) is 35.8 Å². The molecule has 1 aromatic carbocycles. The van der Waals surface area contributed by atoms with Gasteiger partial charge in [0.25, 0.3) is 0 Å². The monoisotopic (exact) mass is 383 g/mol. The lowest BCUT2D eigenvalue weighted by Gasteiger charge is -2.12. The first kappa shape index (κ1) is 14.5. The van der Waals surface area contributed by atoms with Gasteiger partial charge in [0.1, 0.15) is 5.82 Å². The molecule has 0 aliphatic carbocycles. The zero-order valence-corrected chi connectivity index (χ0v) is 14.2. The maximum atomic E-state index is 5.96. The number of nitrogen functional groups attached to an aromatic ring is 1. The van der Waals surface area contributed by atoms with Crippen LogP contribution in [-0.4, -0.2) is 9.97 Å². The fraction of sp³-hybridized carbons (Fsp3) is 0.286. The molecule has 100 valence electrons. The Morgan fingerprint density at radius 2 is 1.84 bits per heavy atom. The molecule has 0 spiro atoms. The number of aryl methyl sites for hydroxylation is 1. The average Bonchev–Trinajstić information content (AvgIpc) is 2.35. The summed E-state index contributed by atoms with van der Waals surface area (Å²) in [5.41, 5.74) is 9.01. The van der Waals surface area contributed by atoms with Crippen LogP contribution in [0.15, 0.2) is 27.1 Å². The molecule has 0 fully saturated rings. The van der Waals surface area contributed by atoms with Crippen molar-refractivity contribution in [3.05, 3.63) is 38.4 Å². The highest BCUT2D eigenvalue weighted by atomic mass is 79.9. The van der Waals surface area contributed by atoms with Crippen LogP contribution in [-0.2, 0) is 0 Å². The van der Waals surface area contributed by atoms with Crippen LogP contribution in [0.25, 0.3) is 11.4 Å². The first-order chi connectivity index (χ1) is 8.90. The fourth-order valence-corrected chi connectivity index (χ4v) is 2.66. The van der Waals surface area contributed by atoms with Crippen molar-refractivity contribution in [2.45, 2.75) is 26.7 Å². The molecule has 0 atom stereocenters. The Balaban J connectivity index is 2.59. The van der Waals surface area contributed by atoms with E-state index < -0.39 is 0 Å². The Labute approximate surface area is 129 Å². The molecule has 3 nitrogen and oxygen atoms in total. The number of anilines is 1. The third kappa shape index (κ3) is 2.98. The van der Waals surface area contributed by atoms with Gasteiger partial charge >= 0.3 is 0 Å². The van der Waals surface area contributed by atoms with E-state index in [1.807, 2.05) is 19.1 Å². The molecule has 0 radical (unpaired) electrons. The molecule has 0 bridgehead atoms. The minimum absolute atomic E-state index is 0.287. The van der Waals surface area contributed by atoms with E-state index in [9.17, 15) is 0 Å². The normalized spacial score (nSPS) is 11.1. The number of rotatable bonds is 2. The summed E-state index contributed by atoms with van der Waals surface area (Å²) in [5, 5.41) is 0. The van der Waals surface area contributed by atoms with Gasteiger partial charge in [0.05, 0.1) is 10.2 Å². The van der Waals surface area contributed by atoms with E-state index in [0.717, 1.165) is 25.8 Å². The summed E-state index contributed by atoms with van der Waals surface area (Å²) < 4.78 is 1.87. The maximum absolute atomic E-state index is 5.96. The van der Waals surface area contributed by atoms with E-state index in [0.29, 0.717) is 11.6 Å². The topological polar surface area (TPSA) is 51.8 Å². The molecule has 1 aromatic heterocycles. The zero-order chi connectivity index (χ0) is 14.2. The lowest BCUT2D eigenvalue weighted by atomic mass is 10.1. The van der Waals surface area contributed by atoms with E-state index in [2.05, 4.69) is 61.7 Å². The summed E-state index contributed by atoms with van der Waals surface area (Å²) in [4.78, 5) is 8.98. The second-order valence-electron chi connectivity index (χ2n) is 4.75. The van der Waals surface area contributed by atoms with E-state index in [1.54, 1.807) is 0 Å². The van der Waals surface area contributed by atoms with Crippen LogP contribution in [0.5, 0.6) is 0 Å². The van der Waals surface area contributed by atoms with Gasteiger partial charge in [-0.05, 0) is 46.5 Å². The number of aromatic nitrogens is 2. The second kappa shape index (κ2) is 5.59. The van der Waals surface area contributed by atoms with Crippen molar-refractivity contribution in [3.8, 4) is 11.4 Å². The highest BCUT2D eigenvalue weighted by molar-refractivity contribution is 9.11. The number of benzene rings is 1.